The third kappa shape index (κ3) is 7.19. The lowest BCUT2D eigenvalue weighted by Crippen LogP contribution is -2.32. The molecular formula is C26H25ClFN3O5. The first kappa shape index (κ1) is 26.5. The predicted octanol–water partition coefficient (Wildman–Crippen LogP) is 4.94. The maximum atomic E-state index is 14.1. The van der Waals surface area contributed by atoms with Crippen LogP contribution in [0.5, 0.6) is 17.2 Å². The first-order chi connectivity index (χ1) is 17.4. The molecule has 0 atom stereocenters. The summed E-state index contributed by atoms with van der Waals surface area (Å²) in [6, 6.07) is 16.0. The third-order valence-corrected chi connectivity index (χ3v) is 5.17. The highest BCUT2D eigenvalue weighted by Gasteiger charge is 2.15. The second kappa shape index (κ2) is 13.1. The summed E-state index contributed by atoms with van der Waals surface area (Å²) in [7, 11) is 1.45. The fraction of sp³-hybridized carbons (Fsp3) is 0.192. The molecule has 8 nitrogen and oxygen atoms in total. The van der Waals surface area contributed by atoms with Gasteiger partial charge in [0.15, 0.2) is 11.5 Å². The van der Waals surface area contributed by atoms with Crippen LogP contribution in [0.15, 0.2) is 65.8 Å². The molecule has 2 amide bonds. The SMILES string of the molecule is CCCOc1ccc(NC(=O)C(=O)N/N=C\c2cccc(OC)c2OCc2c(F)cccc2Cl)cc1. The van der Waals surface area contributed by atoms with Crippen LogP contribution in [0.25, 0.3) is 0 Å². The van der Waals surface area contributed by atoms with E-state index in [9.17, 15) is 14.0 Å². The van der Waals surface area contributed by atoms with Gasteiger partial charge in [-0.3, -0.25) is 9.59 Å². The molecule has 0 saturated heterocycles. The fourth-order valence-corrected chi connectivity index (χ4v) is 3.24. The molecule has 0 heterocycles. The molecule has 0 aliphatic heterocycles. The Morgan fingerprint density at radius 3 is 2.47 bits per heavy atom. The summed E-state index contributed by atoms with van der Waals surface area (Å²) in [6.45, 7) is 2.42. The summed E-state index contributed by atoms with van der Waals surface area (Å²) in [5.41, 5.74) is 3.20. The number of carbonyl (C=O) groups excluding carboxylic acids is 2. The Balaban J connectivity index is 1.63. The molecule has 0 unspecified atom stereocenters. The van der Waals surface area contributed by atoms with E-state index in [1.54, 1.807) is 48.5 Å². The van der Waals surface area contributed by atoms with E-state index >= 15 is 0 Å². The highest BCUT2D eigenvalue weighted by atomic mass is 35.5. The summed E-state index contributed by atoms with van der Waals surface area (Å²) < 4.78 is 30.7. The van der Waals surface area contributed by atoms with Crippen LogP contribution < -0.4 is 25.0 Å². The lowest BCUT2D eigenvalue weighted by atomic mass is 10.2. The first-order valence-electron chi connectivity index (χ1n) is 11.0. The van der Waals surface area contributed by atoms with Crippen molar-refractivity contribution >= 4 is 35.3 Å². The van der Waals surface area contributed by atoms with E-state index in [-0.39, 0.29) is 22.9 Å². The Kier molecular flexibility index (Phi) is 9.64. The largest absolute Gasteiger partial charge is 0.494 e. The second-order valence-corrected chi connectivity index (χ2v) is 7.80. The van der Waals surface area contributed by atoms with Gasteiger partial charge in [0.25, 0.3) is 0 Å². The van der Waals surface area contributed by atoms with Crippen molar-refractivity contribution in [3.63, 3.8) is 0 Å². The smallest absolute Gasteiger partial charge is 0.329 e. The van der Waals surface area contributed by atoms with Crippen LogP contribution in [0, 0.1) is 5.82 Å². The van der Waals surface area contributed by atoms with E-state index in [0.29, 0.717) is 29.4 Å². The van der Waals surface area contributed by atoms with E-state index in [1.807, 2.05) is 6.92 Å². The van der Waals surface area contributed by atoms with Crippen LogP contribution in [0.2, 0.25) is 5.02 Å². The highest BCUT2D eigenvalue weighted by Crippen LogP contribution is 2.32. The molecule has 36 heavy (non-hydrogen) atoms. The number of benzene rings is 3. The number of nitrogens with zero attached hydrogens (tertiary/aromatic N) is 1. The zero-order valence-electron chi connectivity index (χ0n) is 19.7. The van der Waals surface area contributed by atoms with Gasteiger partial charge in [0.2, 0.25) is 0 Å². The minimum atomic E-state index is -0.971. The molecule has 188 valence electrons. The zero-order valence-corrected chi connectivity index (χ0v) is 20.5. The molecule has 3 aromatic rings. The van der Waals surface area contributed by atoms with Gasteiger partial charge in [0, 0.05) is 16.8 Å². The fourth-order valence-electron chi connectivity index (χ4n) is 3.02. The van der Waals surface area contributed by atoms with Crippen molar-refractivity contribution in [3.05, 3.63) is 82.6 Å². The van der Waals surface area contributed by atoms with Crippen molar-refractivity contribution in [2.24, 2.45) is 5.10 Å². The van der Waals surface area contributed by atoms with Crippen LogP contribution in [-0.4, -0.2) is 31.7 Å². The lowest BCUT2D eigenvalue weighted by Gasteiger charge is -2.14. The van der Waals surface area contributed by atoms with E-state index in [2.05, 4.69) is 15.8 Å². The number of methoxy groups -OCH3 is 1. The average Bonchev–Trinajstić information content (AvgIpc) is 2.88. The number of carbonyl (C=O) groups is 2. The summed E-state index contributed by atoms with van der Waals surface area (Å²) in [6.07, 6.45) is 2.16. The minimum absolute atomic E-state index is 0.163. The first-order valence-corrected chi connectivity index (χ1v) is 11.4. The molecule has 3 rings (SSSR count). The Bertz CT molecular complexity index is 1210. The standard InChI is InChI=1S/C26H25ClFN3O5/c1-3-14-35-19-12-10-18(11-13-19)30-25(32)26(33)31-29-15-17-6-4-9-23(34-2)24(17)36-16-20-21(27)7-5-8-22(20)28/h4-13,15H,3,14,16H2,1-2H3,(H,30,32)(H,31,33)/b29-15-. The van der Waals surface area contributed by atoms with Gasteiger partial charge < -0.3 is 19.5 Å². The van der Waals surface area contributed by atoms with Gasteiger partial charge >= 0.3 is 11.8 Å². The van der Waals surface area contributed by atoms with E-state index < -0.39 is 17.6 Å². The Hall–Kier alpha value is -4.11. The minimum Gasteiger partial charge on any atom is -0.494 e. The number of para-hydroxylation sites is 1. The summed E-state index contributed by atoms with van der Waals surface area (Å²) in [4.78, 5) is 24.3. The number of ether oxygens (including phenoxy) is 3. The number of hydrogen-bond acceptors (Lipinski definition) is 6. The molecule has 0 aliphatic carbocycles. The van der Waals surface area contributed by atoms with Gasteiger partial charge in [-0.05, 0) is 55.0 Å². The number of hydrazone groups is 1. The summed E-state index contributed by atoms with van der Waals surface area (Å²) in [5.74, 6) is -1.09. The van der Waals surface area contributed by atoms with Gasteiger partial charge in [0.05, 0.1) is 25.0 Å². The number of hydrogen-bond donors (Lipinski definition) is 2. The van der Waals surface area contributed by atoms with Gasteiger partial charge in [0.1, 0.15) is 18.2 Å². The number of anilines is 1. The quantitative estimate of drug-likeness (QED) is 0.227. The van der Waals surface area contributed by atoms with Crippen LogP contribution in [0.1, 0.15) is 24.5 Å². The molecule has 0 aromatic heterocycles. The van der Waals surface area contributed by atoms with Crippen molar-refractivity contribution in [3.8, 4) is 17.2 Å². The normalized spacial score (nSPS) is 10.7. The molecule has 0 radical (unpaired) electrons. The van der Waals surface area contributed by atoms with Crippen molar-refractivity contribution < 1.29 is 28.2 Å². The number of rotatable bonds is 10. The average molecular weight is 514 g/mol. The number of nitrogens with one attached hydrogen (secondary N) is 2. The summed E-state index contributed by atoms with van der Waals surface area (Å²) in [5, 5.41) is 6.54. The van der Waals surface area contributed by atoms with Crippen LogP contribution >= 0.6 is 11.6 Å². The molecule has 0 aliphatic rings. The predicted molar refractivity (Wildman–Crippen MR) is 135 cm³/mol. The van der Waals surface area contributed by atoms with Crippen molar-refractivity contribution in [1.29, 1.82) is 0 Å². The Labute approximate surface area is 213 Å². The number of amides is 2. The van der Waals surface area contributed by atoms with Gasteiger partial charge in [-0.1, -0.05) is 30.7 Å². The van der Waals surface area contributed by atoms with E-state index in [1.165, 1.54) is 25.5 Å². The molecule has 2 N–H and O–H groups in total. The maximum Gasteiger partial charge on any atom is 0.329 e. The van der Waals surface area contributed by atoms with E-state index in [0.717, 1.165) is 6.42 Å². The second-order valence-electron chi connectivity index (χ2n) is 7.39. The van der Waals surface area contributed by atoms with Gasteiger partial charge in [-0.15, -0.1) is 0 Å². The van der Waals surface area contributed by atoms with Crippen molar-refractivity contribution in [2.75, 3.05) is 19.0 Å². The van der Waals surface area contributed by atoms with Crippen LogP contribution in [-0.2, 0) is 16.2 Å². The lowest BCUT2D eigenvalue weighted by molar-refractivity contribution is -0.136. The molecule has 0 spiro atoms. The molecule has 0 bridgehead atoms. The molecular weight excluding hydrogens is 489 g/mol. The topological polar surface area (TPSA) is 98.2 Å². The maximum absolute atomic E-state index is 14.1. The van der Waals surface area contributed by atoms with Crippen LogP contribution in [0.3, 0.4) is 0 Å². The van der Waals surface area contributed by atoms with Crippen molar-refractivity contribution in [1.82, 2.24) is 5.43 Å². The molecule has 0 fully saturated rings. The summed E-state index contributed by atoms with van der Waals surface area (Å²) >= 11 is 6.07. The van der Waals surface area contributed by atoms with Gasteiger partial charge in [-0.25, -0.2) is 9.82 Å². The van der Waals surface area contributed by atoms with Crippen LogP contribution in [0.4, 0.5) is 10.1 Å². The van der Waals surface area contributed by atoms with Crippen molar-refractivity contribution in [2.45, 2.75) is 20.0 Å². The molecule has 10 heteroatoms. The highest BCUT2D eigenvalue weighted by molar-refractivity contribution is 6.39. The monoisotopic (exact) mass is 513 g/mol. The zero-order chi connectivity index (χ0) is 25.9. The van der Waals surface area contributed by atoms with E-state index in [4.69, 9.17) is 25.8 Å². The Morgan fingerprint density at radius 2 is 1.78 bits per heavy atom. The molecule has 3 aromatic carbocycles. The Morgan fingerprint density at radius 1 is 1.03 bits per heavy atom. The third-order valence-electron chi connectivity index (χ3n) is 4.81. The number of halogens is 2. The van der Waals surface area contributed by atoms with Gasteiger partial charge in [-0.2, -0.15) is 5.10 Å². The molecule has 0 saturated carbocycles.